The molecule has 0 radical (unpaired) electrons. The highest BCUT2D eigenvalue weighted by atomic mass is 35.5. The fourth-order valence-corrected chi connectivity index (χ4v) is 2.83. The quantitative estimate of drug-likeness (QED) is 0.853. The van der Waals surface area contributed by atoms with Gasteiger partial charge in [-0.3, -0.25) is 4.79 Å². The van der Waals surface area contributed by atoms with Crippen molar-refractivity contribution in [1.29, 1.82) is 0 Å². The highest BCUT2D eigenvalue weighted by Gasteiger charge is 2.31. The maximum absolute atomic E-state index is 12.0. The first-order chi connectivity index (χ1) is 11.1. The normalized spacial score (nSPS) is 17.1. The van der Waals surface area contributed by atoms with Gasteiger partial charge in [0.15, 0.2) is 0 Å². The topological polar surface area (TPSA) is 41.9 Å². The van der Waals surface area contributed by atoms with E-state index in [9.17, 15) is 4.79 Å². The molecule has 0 aliphatic carbocycles. The van der Waals surface area contributed by atoms with Crippen molar-refractivity contribution in [2.45, 2.75) is 19.4 Å². The molecule has 4 nitrogen and oxygen atoms in total. The van der Waals surface area contributed by atoms with Crippen molar-refractivity contribution in [3.05, 3.63) is 64.7 Å². The van der Waals surface area contributed by atoms with Crippen molar-refractivity contribution >= 4 is 23.2 Å². The molecule has 2 aromatic rings. The van der Waals surface area contributed by atoms with Crippen LogP contribution in [0.4, 0.5) is 0 Å². The average molecular weight is 329 g/mol. The van der Waals surface area contributed by atoms with Crippen molar-refractivity contribution in [3.8, 4) is 5.75 Å². The molecule has 5 heteroatoms. The number of benzene rings is 2. The molecule has 1 atom stereocenters. The first kappa shape index (κ1) is 15.6. The Bertz CT molecular complexity index is 739. The van der Waals surface area contributed by atoms with E-state index in [2.05, 4.69) is 5.10 Å². The molecule has 1 amide bonds. The molecule has 0 spiro atoms. The predicted octanol–water partition coefficient (Wildman–Crippen LogP) is 4.05. The maximum Gasteiger partial charge on any atom is 0.240 e. The van der Waals surface area contributed by atoms with Gasteiger partial charge in [-0.25, -0.2) is 5.01 Å². The smallest absolute Gasteiger partial charge is 0.240 e. The summed E-state index contributed by atoms with van der Waals surface area (Å²) in [6.07, 6.45) is 0.674. The molecule has 3 rings (SSSR count). The van der Waals surface area contributed by atoms with Crippen molar-refractivity contribution in [2.75, 3.05) is 7.11 Å². The van der Waals surface area contributed by atoms with E-state index in [1.54, 1.807) is 12.1 Å². The van der Waals surface area contributed by atoms with Crippen LogP contribution in [-0.4, -0.2) is 23.7 Å². The molecule has 1 heterocycles. The Morgan fingerprint density at radius 2 is 1.83 bits per heavy atom. The minimum Gasteiger partial charge on any atom is -0.497 e. The first-order valence-electron chi connectivity index (χ1n) is 7.35. The Morgan fingerprint density at radius 1 is 1.17 bits per heavy atom. The predicted molar refractivity (Wildman–Crippen MR) is 90.9 cm³/mol. The summed E-state index contributed by atoms with van der Waals surface area (Å²) in [5.41, 5.74) is 2.91. The largest absolute Gasteiger partial charge is 0.497 e. The van der Waals surface area contributed by atoms with Gasteiger partial charge >= 0.3 is 0 Å². The van der Waals surface area contributed by atoms with Gasteiger partial charge in [-0.1, -0.05) is 35.9 Å². The molecule has 1 aliphatic rings. The fraction of sp³-hybridized carbons (Fsp3) is 0.222. The number of carbonyl (C=O) groups is 1. The molecule has 118 valence electrons. The van der Waals surface area contributed by atoms with Gasteiger partial charge in [-0.15, -0.1) is 0 Å². The van der Waals surface area contributed by atoms with Crippen molar-refractivity contribution < 1.29 is 9.53 Å². The van der Waals surface area contributed by atoms with Gasteiger partial charge in [0.25, 0.3) is 0 Å². The molecule has 0 aromatic heterocycles. The second kappa shape index (κ2) is 6.42. The Balaban J connectivity index is 1.90. The van der Waals surface area contributed by atoms with Crippen LogP contribution in [0.15, 0.2) is 53.6 Å². The van der Waals surface area contributed by atoms with Crippen LogP contribution in [0.1, 0.15) is 30.5 Å². The monoisotopic (exact) mass is 328 g/mol. The number of hydrazone groups is 1. The third-order valence-electron chi connectivity index (χ3n) is 3.91. The summed E-state index contributed by atoms with van der Waals surface area (Å²) < 4.78 is 5.19. The Labute approximate surface area is 140 Å². The molecule has 0 saturated carbocycles. The summed E-state index contributed by atoms with van der Waals surface area (Å²) in [5, 5.41) is 6.74. The number of ether oxygens (including phenoxy) is 1. The lowest BCUT2D eigenvalue weighted by atomic mass is 9.98. The Morgan fingerprint density at radius 3 is 2.39 bits per heavy atom. The van der Waals surface area contributed by atoms with Gasteiger partial charge in [-0.2, -0.15) is 5.10 Å². The summed E-state index contributed by atoms with van der Waals surface area (Å²) in [4.78, 5) is 12.0. The van der Waals surface area contributed by atoms with E-state index in [0.717, 1.165) is 22.6 Å². The van der Waals surface area contributed by atoms with E-state index in [1.165, 1.54) is 6.92 Å². The first-order valence-corrected chi connectivity index (χ1v) is 7.73. The minimum atomic E-state index is -0.0934. The lowest BCUT2D eigenvalue weighted by Crippen LogP contribution is -2.24. The molecular weight excluding hydrogens is 312 g/mol. The summed E-state index contributed by atoms with van der Waals surface area (Å²) in [7, 11) is 1.63. The number of rotatable bonds is 3. The van der Waals surface area contributed by atoms with Crippen LogP contribution in [-0.2, 0) is 4.79 Å². The lowest BCUT2D eigenvalue weighted by molar-refractivity contribution is -0.130. The van der Waals surface area contributed by atoms with Gasteiger partial charge < -0.3 is 4.74 Å². The second-order valence-electron chi connectivity index (χ2n) is 5.41. The van der Waals surface area contributed by atoms with Crippen molar-refractivity contribution in [3.63, 3.8) is 0 Å². The van der Waals surface area contributed by atoms with Crippen LogP contribution in [0, 0.1) is 0 Å². The molecule has 1 aliphatic heterocycles. The third kappa shape index (κ3) is 3.22. The Kier molecular flexibility index (Phi) is 4.35. The van der Waals surface area contributed by atoms with Gasteiger partial charge in [-0.05, 0) is 35.4 Å². The van der Waals surface area contributed by atoms with Gasteiger partial charge in [0.05, 0.1) is 18.9 Å². The highest BCUT2D eigenvalue weighted by Crippen LogP contribution is 2.33. The number of nitrogens with zero attached hydrogens (tertiary/aromatic N) is 2. The molecule has 0 fully saturated rings. The molecule has 23 heavy (non-hydrogen) atoms. The number of hydrogen-bond acceptors (Lipinski definition) is 3. The van der Waals surface area contributed by atoms with Crippen molar-refractivity contribution in [1.82, 2.24) is 5.01 Å². The zero-order valence-electron chi connectivity index (χ0n) is 13.0. The zero-order valence-corrected chi connectivity index (χ0v) is 13.7. The van der Waals surface area contributed by atoms with E-state index in [-0.39, 0.29) is 11.9 Å². The van der Waals surface area contributed by atoms with Crippen LogP contribution in [0.2, 0.25) is 5.02 Å². The molecule has 0 saturated heterocycles. The maximum atomic E-state index is 12.0. The number of amides is 1. The third-order valence-corrected chi connectivity index (χ3v) is 4.16. The average Bonchev–Trinajstić information content (AvgIpc) is 3.01. The summed E-state index contributed by atoms with van der Waals surface area (Å²) >= 11 is 5.93. The van der Waals surface area contributed by atoms with Gasteiger partial charge in [0, 0.05) is 18.4 Å². The second-order valence-corrected chi connectivity index (χ2v) is 5.85. The van der Waals surface area contributed by atoms with Gasteiger partial charge in [0.2, 0.25) is 5.91 Å². The van der Waals surface area contributed by atoms with E-state index in [4.69, 9.17) is 16.3 Å². The van der Waals surface area contributed by atoms with Crippen LogP contribution in [0.5, 0.6) is 5.75 Å². The van der Waals surface area contributed by atoms with Crippen LogP contribution >= 0.6 is 11.6 Å². The van der Waals surface area contributed by atoms with Gasteiger partial charge in [0.1, 0.15) is 5.75 Å². The summed E-state index contributed by atoms with van der Waals surface area (Å²) in [6.45, 7) is 1.53. The molecular formula is C18H17ClN2O2. The van der Waals surface area contributed by atoms with E-state index < -0.39 is 0 Å². The number of methoxy groups -OCH3 is 1. The number of hydrogen-bond donors (Lipinski definition) is 0. The highest BCUT2D eigenvalue weighted by molar-refractivity contribution is 6.30. The van der Waals surface area contributed by atoms with Crippen LogP contribution in [0.3, 0.4) is 0 Å². The molecule has 2 aromatic carbocycles. The number of halogens is 1. The van der Waals surface area contributed by atoms with E-state index in [1.807, 2.05) is 48.5 Å². The summed E-state index contributed by atoms with van der Waals surface area (Å²) in [6, 6.07) is 15.2. The SMILES string of the molecule is COc1ccc([C@H]2CC(c3ccc(Cl)cc3)=NN2C(C)=O)cc1. The molecule has 0 N–H and O–H groups in total. The molecule has 0 unspecified atom stereocenters. The van der Waals surface area contributed by atoms with Crippen LogP contribution in [0.25, 0.3) is 0 Å². The lowest BCUT2D eigenvalue weighted by Gasteiger charge is -2.20. The van der Waals surface area contributed by atoms with Crippen molar-refractivity contribution in [2.24, 2.45) is 5.10 Å². The minimum absolute atomic E-state index is 0.0743. The standard InChI is InChI=1S/C18H17ClN2O2/c1-12(22)21-18(14-5-9-16(23-2)10-6-14)11-17(20-21)13-3-7-15(19)8-4-13/h3-10,18H,11H2,1-2H3/t18-/m1/s1. The fourth-order valence-electron chi connectivity index (χ4n) is 2.70. The summed E-state index contributed by atoms with van der Waals surface area (Å²) in [5.74, 6) is 0.717. The zero-order chi connectivity index (χ0) is 16.4. The van der Waals surface area contributed by atoms with Crippen LogP contribution < -0.4 is 4.74 Å². The van der Waals surface area contributed by atoms with E-state index in [0.29, 0.717) is 11.4 Å². The molecule has 0 bridgehead atoms. The van der Waals surface area contributed by atoms with E-state index >= 15 is 0 Å². The Hall–Kier alpha value is -2.33. The number of carbonyl (C=O) groups excluding carboxylic acids is 1.